The molecule has 1 aromatic carbocycles. The van der Waals surface area contributed by atoms with E-state index in [1.54, 1.807) is 45.0 Å². The lowest BCUT2D eigenvalue weighted by molar-refractivity contribution is -0.149. The molecule has 0 radical (unpaired) electrons. The summed E-state index contributed by atoms with van der Waals surface area (Å²) in [6.45, 7) is 4.47. The highest BCUT2D eigenvalue weighted by atomic mass is 16.6. The average Bonchev–Trinajstić information content (AvgIpc) is 2.99. The Labute approximate surface area is 158 Å². The lowest BCUT2D eigenvalue weighted by atomic mass is 9.94. The number of aliphatic hydroxyl groups is 1. The van der Waals surface area contributed by atoms with Gasteiger partial charge < -0.3 is 25.2 Å². The van der Waals surface area contributed by atoms with E-state index >= 15 is 0 Å². The number of aliphatic carboxylic acids is 1. The number of rotatable bonds is 5. The number of amides is 2. The SMILES string of the molecule is CC(C)(C)OC(=O)NCC(=O)N1C(C(=O)O)CC(CO)C1c1ccccc1. The maximum absolute atomic E-state index is 12.8. The Bertz CT molecular complexity index is 685. The first-order chi connectivity index (χ1) is 12.6. The van der Waals surface area contributed by atoms with E-state index in [-0.39, 0.29) is 19.6 Å². The Morgan fingerprint density at radius 1 is 1.22 bits per heavy atom. The van der Waals surface area contributed by atoms with Gasteiger partial charge in [-0.25, -0.2) is 9.59 Å². The highest BCUT2D eigenvalue weighted by molar-refractivity contribution is 5.88. The quantitative estimate of drug-likeness (QED) is 0.716. The number of benzene rings is 1. The van der Waals surface area contributed by atoms with Gasteiger partial charge in [0.25, 0.3) is 0 Å². The number of likely N-dealkylation sites (tertiary alicyclic amines) is 1. The summed E-state index contributed by atoms with van der Waals surface area (Å²) in [7, 11) is 0. The number of ether oxygens (including phenoxy) is 1. The minimum atomic E-state index is -1.14. The molecule has 1 aromatic rings. The van der Waals surface area contributed by atoms with E-state index in [1.165, 1.54) is 4.90 Å². The zero-order chi connectivity index (χ0) is 20.2. The predicted molar refractivity (Wildman–Crippen MR) is 96.9 cm³/mol. The van der Waals surface area contributed by atoms with Gasteiger partial charge in [-0.1, -0.05) is 30.3 Å². The summed E-state index contributed by atoms with van der Waals surface area (Å²) >= 11 is 0. The topological polar surface area (TPSA) is 116 Å². The third kappa shape index (κ3) is 5.19. The second-order valence-electron chi connectivity index (χ2n) is 7.54. The minimum Gasteiger partial charge on any atom is -0.480 e. The number of nitrogens with zero attached hydrogens (tertiary/aromatic N) is 1. The van der Waals surface area contributed by atoms with E-state index in [0.29, 0.717) is 0 Å². The van der Waals surface area contributed by atoms with Crippen LogP contribution >= 0.6 is 0 Å². The van der Waals surface area contributed by atoms with Crippen molar-refractivity contribution in [1.82, 2.24) is 10.2 Å². The molecule has 0 aliphatic carbocycles. The maximum Gasteiger partial charge on any atom is 0.408 e. The van der Waals surface area contributed by atoms with Crippen molar-refractivity contribution in [3.05, 3.63) is 35.9 Å². The molecule has 2 rings (SSSR count). The Kier molecular flexibility index (Phi) is 6.43. The van der Waals surface area contributed by atoms with E-state index in [1.807, 2.05) is 6.07 Å². The van der Waals surface area contributed by atoms with Gasteiger partial charge in [-0.15, -0.1) is 0 Å². The number of hydrogen-bond acceptors (Lipinski definition) is 5. The van der Waals surface area contributed by atoms with Gasteiger partial charge in [0, 0.05) is 12.5 Å². The number of alkyl carbamates (subject to hydrolysis) is 1. The van der Waals surface area contributed by atoms with Crippen molar-refractivity contribution in [3.63, 3.8) is 0 Å². The first-order valence-electron chi connectivity index (χ1n) is 8.80. The van der Waals surface area contributed by atoms with Gasteiger partial charge in [-0.05, 0) is 32.8 Å². The van der Waals surface area contributed by atoms with Crippen molar-refractivity contribution < 1.29 is 29.3 Å². The Hall–Kier alpha value is -2.61. The van der Waals surface area contributed by atoms with Crippen LogP contribution in [0.4, 0.5) is 4.79 Å². The predicted octanol–water partition coefficient (Wildman–Crippen LogP) is 1.55. The second-order valence-corrected chi connectivity index (χ2v) is 7.54. The standard InChI is InChI=1S/C19H26N2O6/c1-19(2,3)27-18(26)20-10-15(23)21-14(17(24)25)9-13(11-22)16(21)12-7-5-4-6-8-12/h4-8,13-14,16,22H,9-11H2,1-3H3,(H,20,26)(H,24,25). The van der Waals surface area contributed by atoms with Crippen molar-refractivity contribution in [2.75, 3.05) is 13.2 Å². The molecule has 148 valence electrons. The van der Waals surface area contributed by atoms with E-state index in [9.17, 15) is 24.6 Å². The highest BCUT2D eigenvalue weighted by Gasteiger charge is 2.47. The Balaban J connectivity index is 2.21. The summed E-state index contributed by atoms with van der Waals surface area (Å²) < 4.78 is 5.10. The molecule has 27 heavy (non-hydrogen) atoms. The highest BCUT2D eigenvalue weighted by Crippen LogP contribution is 2.40. The average molecular weight is 378 g/mol. The molecule has 8 heteroatoms. The van der Waals surface area contributed by atoms with Crippen LogP contribution in [0.3, 0.4) is 0 Å². The summed E-state index contributed by atoms with van der Waals surface area (Å²) in [4.78, 5) is 37.5. The molecule has 0 aromatic heterocycles. The van der Waals surface area contributed by atoms with Crippen LogP contribution in [-0.2, 0) is 14.3 Å². The number of carboxylic acid groups (broad SMARTS) is 1. The van der Waals surface area contributed by atoms with Crippen LogP contribution in [0.15, 0.2) is 30.3 Å². The molecule has 0 saturated carbocycles. The maximum atomic E-state index is 12.8. The van der Waals surface area contributed by atoms with Gasteiger partial charge in [0.15, 0.2) is 0 Å². The number of hydrogen-bond donors (Lipinski definition) is 3. The van der Waals surface area contributed by atoms with Crippen LogP contribution < -0.4 is 5.32 Å². The van der Waals surface area contributed by atoms with Crippen molar-refractivity contribution in [2.24, 2.45) is 5.92 Å². The molecular formula is C19H26N2O6. The largest absolute Gasteiger partial charge is 0.480 e. The summed E-state index contributed by atoms with van der Waals surface area (Å²) in [5.41, 5.74) is 0.0322. The van der Waals surface area contributed by atoms with Crippen LogP contribution in [0.2, 0.25) is 0 Å². The summed E-state index contributed by atoms with van der Waals surface area (Å²) in [5, 5.41) is 21.6. The fourth-order valence-electron chi connectivity index (χ4n) is 3.31. The lowest BCUT2D eigenvalue weighted by Gasteiger charge is -2.30. The zero-order valence-electron chi connectivity index (χ0n) is 15.7. The van der Waals surface area contributed by atoms with E-state index < -0.39 is 41.6 Å². The normalized spacial score (nSPS) is 22.4. The van der Waals surface area contributed by atoms with Gasteiger partial charge in [-0.2, -0.15) is 0 Å². The molecule has 8 nitrogen and oxygen atoms in total. The molecule has 3 unspecified atom stereocenters. The van der Waals surface area contributed by atoms with E-state index in [2.05, 4.69) is 5.32 Å². The molecule has 0 bridgehead atoms. The van der Waals surface area contributed by atoms with Gasteiger partial charge >= 0.3 is 12.1 Å². The molecule has 3 N–H and O–H groups in total. The fraction of sp³-hybridized carbons (Fsp3) is 0.526. The van der Waals surface area contributed by atoms with Crippen molar-refractivity contribution in [3.8, 4) is 0 Å². The van der Waals surface area contributed by atoms with Crippen LogP contribution in [-0.4, -0.2) is 57.9 Å². The molecule has 1 heterocycles. The number of aliphatic hydroxyl groups excluding tert-OH is 1. The summed E-state index contributed by atoms with van der Waals surface area (Å²) in [5.74, 6) is -2.09. The van der Waals surface area contributed by atoms with Gasteiger partial charge in [0.1, 0.15) is 18.2 Å². The van der Waals surface area contributed by atoms with Crippen molar-refractivity contribution in [1.29, 1.82) is 0 Å². The minimum absolute atomic E-state index is 0.142. The van der Waals surface area contributed by atoms with Crippen LogP contribution in [0.5, 0.6) is 0 Å². The number of carbonyl (C=O) groups is 3. The zero-order valence-corrected chi connectivity index (χ0v) is 15.7. The molecule has 1 aliphatic rings. The van der Waals surface area contributed by atoms with E-state index in [4.69, 9.17) is 4.74 Å². The molecule has 0 spiro atoms. The molecule has 1 aliphatic heterocycles. The first-order valence-corrected chi connectivity index (χ1v) is 8.80. The number of carbonyl (C=O) groups excluding carboxylic acids is 2. The van der Waals surface area contributed by atoms with Crippen LogP contribution in [0.25, 0.3) is 0 Å². The van der Waals surface area contributed by atoms with E-state index in [0.717, 1.165) is 5.56 Å². The lowest BCUT2D eigenvalue weighted by Crippen LogP contribution is -2.47. The third-order valence-corrected chi connectivity index (χ3v) is 4.34. The Morgan fingerprint density at radius 2 is 1.85 bits per heavy atom. The van der Waals surface area contributed by atoms with Gasteiger partial charge in [0.05, 0.1) is 6.04 Å². The second kappa shape index (κ2) is 8.39. The third-order valence-electron chi connectivity index (χ3n) is 4.34. The molecular weight excluding hydrogens is 352 g/mol. The Morgan fingerprint density at radius 3 is 2.37 bits per heavy atom. The molecule has 1 fully saturated rings. The molecule has 1 saturated heterocycles. The monoisotopic (exact) mass is 378 g/mol. The van der Waals surface area contributed by atoms with Crippen LogP contribution in [0.1, 0.15) is 38.8 Å². The van der Waals surface area contributed by atoms with Gasteiger partial charge in [0.2, 0.25) is 5.91 Å². The molecule has 2 amide bonds. The molecule has 3 atom stereocenters. The smallest absolute Gasteiger partial charge is 0.408 e. The number of nitrogens with one attached hydrogen (secondary N) is 1. The fourth-order valence-corrected chi connectivity index (χ4v) is 3.31. The first kappa shape index (κ1) is 20.7. The summed E-state index contributed by atoms with van der Waals surface area (Å²) in [6, 6.07) is 7.33. The summed E-state index contributed by atoms with van der Waals surface area (Å²) in [6.07, 6.45) is -0.610. The van der Waals surface area contributed by atoms with Crippen molar-refractivity contribution in [2.45, 2.75) is 44.9 Å². The van der Waals surface area contributed by atoms with Crippen LogP contribution in [0, 0.1) is 5.92 Å². The van der Waals surface area contributed by atoms with Gasteiger partial charge in [-0.3, -0.25) is 4.79 Å². The van der Waals surface area contributed by atoms with Crippen molar-refractivity contribution >= 4 is 18.0 Å². The number of carboxylic acids is 1.